The zero-order valence-electron chi connectivity index (χ0n) is 18.0. The average molecular weight is 477 g/mol. The molecule has 8 nitrogen and oxygen atoms in total. The van der Waals surface area contributed by atoms with E-state index in [1.807, 2.05) is 0 Å². The number of rotatable bonds is 9. The Hall–Kier alpha value is -2.98. The molecule has 0 saturated carbocycles. The van der Waals surface area contributed by atoms with Crippen LogP contribution in [0.15, 0.2) is 58.3 Å². The second kappa shape index (κ2) is 10.1. The van der Waals surface area contributed by atoms with Crippen LogP contribution in [0.25, 0.3) is 0 Å². The van der Waals surface area contributed by atoms with Crippen LogP contribution in [-0.4, -0.2) is 45.0 Å². The van der Waals surface area contributed by atoms with E-state index in [0.29, 0.717) is 20.9 Å². The van der Waals surface area contributed by atoms with Crippen molar-refractivity contribution in [2.45, 2.75) is 48.6 Å². The fraction of sp³-hybridized carbons (Fsp3) is 0.273. The Balaban J connectivity index is 2.23. The van der Waals surface area contributed by atoms with Gasteiger partial charge in [0.25, 0.3) is 11.8 Å². The van der Waals surface area contributed by atoms with Crippen LogP contribution in [0.4, 0.5) is 0 Å². The van der Waals surface area contributed by atoms with Gasteiger partial charge in [0.15, 0.2) is 0 Å². The molecule has 2 rings (SSSR count). The van der Waals surface area contributed by atoms with E-state index in [4.69, 9.17) is 0 Å². The number of hydrogen-bond acceptors (Lipinski definition) is 6. The van der Waals surface area contributed by atoms with Crippen molar-refractivity contribution in [3.8, 4) is 0 Å². The SMILES string of the molecule is CC(C)(NC(=O)c1ccccc1SSc1ccccc1C(=O)NC(C)(C)C(=O)O)C(=O)O. The fourth-order valence-electron chi connectivity index (χ4n) is 2.35. The largest absolute Gasteiger partial charge is 0.480 e. The number of carbonyl (C=O) groups is 4. The Morgan fingerprint density at radius 3 is 1.28 bits per heavy atom. The Labute approximate surface area is 193 Å². The van der Waals surface area contributed by atoms with Crippen LogP contribution in [0.1, 0.15) is 48.4 Å². The molecule has 0 unspecified atom stereocenters. The number of nitrogens with one attached hydrogen (secondary N) is 2. The maximum Gasteiger partial charge on any atom is 0.328 e. The zero-order valence-corrected chi connectivity index (χ0v) is 19.6. The van der Waals surface area contributed by atoms with Crippen molar-refractivity contribution in [2.24, 2.45) is 0 Å². The standard InChI is InChI=1S/C22H24N2O6S2/c1-21(2,19(27)28)23-17(25)13-9-5-7-11-15(13)31-32-16-12-8-6-10-14(16)18(26)24-22(3,4)20(29)30/h5-12H,1-4H3,(H,23,25)(H,24,26)(H,27,28)(H,29,30). The Morgan fingerprint density at radius 2 is 0.969 bits per heavy atom. The van der Waals surface area contributed by atoms with Gasteiger partial charge in [-0.2, -0.15) is 0 Å². The molecule has 2 aromatic carbocycles. The van der Waals surface area contributed by atoms with Gasteiger partial charge >= 0.3 is 11.9 Å². The summed E-state index contributed by atoms with van der Waals surface area (Å²) in [5, 5.41) is 23.5. The van der Waals surface area contributed by atoms with Gasteiger partial charge < -0.3 is 20.8 Å². The summed E-state index contributed by atoms with van der Waals surface area (Å²) in [6.45, 7) is 5.58. The second-order valence-electron chi connectivity index (χ2n) is 7.93. The Bertz CT molecular complexity index is 969. The van der Waals surface area contributed by atoms with Crippen molar-refractivity contribution >= 4 is 45.3 Å². The van der Waals surface area contributed by atoms with Crippen LogP contribution < -0.4 is 10.6 Å². The van der Waals surface area contributed by atoms with Gasteiger partial charge in [-0.15, -0.1) is 0 Å². The molecule has 0 aliphatic rings. The molecule has 0 aliphatic carbocycles. The third kappa shape index (κ3) is 6.27. The molecule has 0 heterocycles. The minimum atomic E-state index is -1.44. The van der Waals surface area contributed by atoms with Gasteiger partial charge in [0, 0.05) is 9.79 Å². The van der Waals surface area contributed by atoms with Crippen LogP contribution in [0, 0.1) is 0 Å². The highest BCUT2D eigenvalue weighted by Gasteiger charge is 2.31. The minimum Gasteiger partial charge on any atom is -0.480 e. The van der Waals surface area contributed by atoms with E-state index >= 15 is 0 Å². The number of hydrogen-bond donors (Lipinski definition) is 4. The highest BCUT2D eigenvalue weighted by molar-refractivity contribution is 8.76. The van der Waals surface area contributed by atoms with E-state index in [9.17, 15) is 29.4 Å². The summed E-state index contributed by atoms with van der Waals surface area (Å²) in [4.78, 5) is 49.2. The first kappa shape index (κ1) is 25.3. The molecule has 4 N–H and O–H groups in total. The lowest BCUT2D eigenvalue weighted by Gasteiger charge is -2.22. The fourth-order valence-corrected chi connectivity index (χ4v) is 4.71. The van der Waals surface area contributed by atoms with Crippen LogP contribution in [0.5, 0.6) is 0 Å². The topological polar surface area (TPSA) is 133 Å². The van der Waals surface area contributed by atoms with Crippen molar-refractivity contribution in [3.05, 3.63) is 59.7 Å². The summed E-state index contributed by atoms with van der Waals surface area (Å²) in [5.41, 5.74) is -2.28. The maximum absolute atomic E-state index is 12.7. The van der Waals surface area contributed by atoms with E-state index in [1.165, 1.54) is 49.3 Å². The molecule has 0 spiro atoms. The van der Waals surface area contributed by atoms with Crippen molar-refractivity contribution in [2.75, 3.05) is 0 Å². The molecule has 0 bridgehead atoms. The quantitative estimate of drug-likeness (QED) is 0.403. The lowest BCUT2D eigenvalue weighted by molar-refractivity contribution is -0.143. The van der Waals surface area contributed by atoms with E-state index < -0.39 is 34.8 Å². The number of aliphatic carboxylic acids is 2. The highest BCUT2D eigenvalue weighted by atomic mass is 33.1. The smallest absolute Gasteiger partial charge is 0.328 e. The van der Waals surface area contributed by atoms with Gasteiger partial charge in [-0.05, 0) is 52.0 Å². The van der Waals surface area contributed by atoms with E-state index in [0.717, 1.165) is 0 Å². The molecule has 0 atom stereocenters. The lowest BCUT2D eigenvalue weighted by Crippen LogP contribution is -2.49. The van der Waals surface area contributed by atoms with E-state index in [-0.39, 0.29) is 0 Å². The van der Waals surface area contributed by atoms with Crippen LogP contribution in [-0.2, 0) is 9.59 Å². The molecule has 32 heavy (non-hydrogen) atoms. The van der Waals surface area contributed by atoms with Gasteiger partial charge in [-0.3, -0.25) is 9.59 Å². The molecular formula is C22H24N2O6S2. The minimum absolute atomic E-state index is 0.299. The van der Waals surface area contributed by atoms with Crippen molar-refractivity contribution < 1.29 is 29.4 Å². The molecule has 0 fully saturated rings. The first-order valence-corrected chi connectivity index (χ1v) is 11.6. The van der Waals surface area contributed by atoms with Crippen LogP contribution in [0.2, 0.25) is 0 Å². The summed E-state index contributed by atoms with van der Waals surface area (Å²) < 4.78 is 0. The first-order valence-electron chi connectivity index (χ1n) is 9.49. The summed E-state index contributed by atoms with van der Waals surface area (Å²) in [7, 11) is 2.46. The summed E-state index contributed by atoms with van der Waals surface area (Å²) in [6, 6.07) is 13.5. The molecule has 2 amide bonds. The molecule has 0 aliphatic heterocycles. The predicted octanol–water partition coefficient (Wildman–Crippen LogP) is 3.67. The van der Waals surface area contributed by atoms with Gasteiger partial charge in [-0.25, -0.2) is 9.59 Å². The van der Waals surface area contributed by atoms with Gasteiger partial charge in [0.1, 0.15) is 11.1 Å². The summed E-state index contributed by atoms with van der Waals surface area (Å²) in [6.07, 6.45) is 0. The number of carboxylic acids is 2. The maximum atomic E-state index is 12.7. The normalized spacial score (nSPS) is 11.5. The summed E-state index contributed by atoms with van der Waals surface area (Å²) >= 11 is 0. The predicted molar refractivity (Wildman–Crippen MR) is 123 cm³/mol. The monoisotopic (exact) mass is 476 g/mol. The first-order chi connectivity index (χ1) is 14.8. The number of carboxylic acid groups (broad SMARTS) is 2. The Kier molecular flexibility index (Phi) is 7.97. The molecule has 0 radical (unpaired) electrons. The van der Waals surface area contributed by atoms with Gasteiger partial charge in [0.05, 0.1) is 11.1 Å². The van der Waals surface area contributed by atoms with Gasteiger partial charge in [-0.1, -0.05) is 45.9 Å². The van der Waals surface area contributed by atoms with Crippen molar-refractivity contribution in [3.63, 3.8) is 0 Å². The molecule has 2 aromatic rings. The lowest BCUT2D eigenvalue weighted by atomic mass is 10.1. The van der Waals surface area contributed by atoms with Crippen LogP contribution >= 0.6 is 21.6 Å². The molecule has 0 aromatic heterocycles. The number of carbonyl (C=O) groups excluding carboxylic acids is 2. The van der Waals surface area contributed by atoms with E-state index in [1.54, 1.807) is 48.5 Å². The number of amides is 2. The van der Waals surface area contributed by atoms with Crippen LogP contribution in [0.3, 0.4) is 0 Å². The second-order valence-corrected chi connectivity index (χ2v) is 10.1. The molecule has 170 valence electrons. The molecule has 0 saturated heterocycles. The third-order valence-electron chi connectivity index (χ3n) is 4.41. The van der Waals surface area contributed by atoms with Gasteiger partial charge in [0.2, 0.25) is 0 Å². The highest BCUT2D eigenvalue weighted by Crippen LogP contribution is 2.40. The average Bonchev–Trinajstić information content (AvgIpc) is 2.71. The third-order valence-corrected chi connectivity index (χ3v) is 6.89. The number of benzene rings is 2. The Morgan fingerprint density at radius 1 is 0.656 bits per heavy atom. The van der Waals surface area contributed by atoms with Crippen molar-refractivity contribution in [1.82, 2.24) is 10.6 Å². The molecule has 10 heteroatoms. The zero-order chi connectivity index (χ0) is 24.1. The summed E-state index contributed by atoms with van der Waals surface area (Å²) in [5.74, 6) is -3.38. The van der Waals surface area contributed by atoms with Crippen molar-refractivity contribution in [1.29, 1.82) is 0 Å². The molecular weight excluding hydrogens is 452 g/mol. The van der Waals surface area contributed by atoms with E-state index in [2.05, 4.69) is 10.6 Å².